The Morgan fingerprint density at radius 1 is 1.00 bits per heavy atom. The molecule has 0 saturated carbocycles. The quantitative estimate of drug-likeness (QED) is 0.852. The lowest BCUT2D eigenvalue weighted by atomic mass is 10.1. The minimum absolute atomic E-state index is 0.0282. The largest absolute Gasteiger partial charge is 0.398 e. The van der Waals surface area contributed by atoms with Crippen molar-refractivity contribution < 1.29 is 18.0 Å². The third kappa shape index (κ3) is 3.98. The standard InChI is InChI=1S/C15H13F3N2O/c16-10-1-2-14(19)13(8-10)15(21)20-4-3-9-5-11(17)7-12(18)6-9/h1-2,5-8H,3-4,19H2,(H,20,21). The highest BCUT2D eigenvalue weighted by atomic mass is 19.1. The summed E-state index contributed by atoms with van der Waals surface area (Å²) in [5, 5.41) is 2.52. The smallest absolute Gasteiger partial charge is 0.253 e. The first-order chi connectivity index (χ1) is 9.95. The van der Waals surface area contributed by atoms with Gasteiger partial charge < -0.3 is 11.1 Å². The Kier molecular flexibility index (Phi) is 4.47. The number of nitrogens with two attached hydrogens (primary N) is 1. The van der Waals surface area contributed by atoms with E-state index in [1.165, 1.54) is 18.2 Å². The van der Waals surface area contributed by atoms with Crippen molar-refractivity contribution in [3.8, 4) is 0 Å². The highest BCUT2D eigenvalue weighted by Gasteiger charge is 2.10. The molecule has 0 aromatic heterocycles. The number of hydrogen-bond acceptors (Lipinski definition) is 2. The van der Waals surface area contributed by atoms with Crippen LogP contribution in [0.2, 0.25) is 0 Å². The number of benzene rings is 2. The topological polar surface area (TPSA) is 55.1 Å². The van der Waals surface area contributed by atoms with Crippen LogP contribution in [-0.4, -0.2) is 12.5 Å². The average molecular weight is 294 g/mol. The van der Waals surface area contributed by atoms with Crippen molar-refractivity contribution in [1.82, 2.24) is 5.32 Å². The van der Waals surface area contributed by atoms with Crippen molar-refractivity contribution >= 4 is 11.6 Å². The molecule has 0 atom stereocenters. The van der Waals surface area contributed by atoms with Gasteiger partial charge >= 0.3 is 0 Å². The molecule has 1 amide bonds. The monoisotopic (exact) mass is 294 g/mol. The Labute approximate surface area is 119 Å². The second kappa shape index (κ2) is 6.30. The summed E-state index contributed by atoms with van der Waals surface area (Å²) in [6, 6.07) is 6.63. The molecular formula is C15H13F3N2O. The molecule has 0 unspecified atom stereocenters. The molecule has 2 rings (SSSR count). The zero-order valence-corrected chi connectivity index (χ0v) is 11.0. The van der Waals surface area contributed by atoms with E-state index in [9.17, 15) is 18.0 Å². The van der Waals surface area contributed by atoms with Gasteiger partial charge in [0.25, 0.3) is 5.91 Å². The molecule has 3 nitrogen and oxygen atoms in total. The molecule has 3 N–H and O–H groups in total. The fourth-order valence-corrected chi connectivity index (χ4v) is 1.90. The van der Waals surface area contributed by atoms with Gasteiger partial charge in [0.2, 0.25) is 0 Å². The fourth-order valence-electron chi connectivity index (χ4n) is 1.90. The Morgan fingerprint density at radius 3 is 2.33 bits per heavy atom. The molecule has 0 heterocycles. The minimum atomic E-state index is -0.675. The molecule has 2 aromatic rings. The molecule has 6 heteroatoms. The van der Waals surface area contributed by atoms with Gasteiger partial charge in [-0.2, -0.15) is 0 Å². The van der Waals surface area contributed by atoms with E-state index in [0.29, 0.717) is 5.56 Å². The van der Waals surface area contributed by atoms with Gasteiger partial charge in [-0.05, 0) is 42.3 Å². The fraction of sp³-hybridized carbons (Fsp3) is 0.133. The van der Waals surface area contributed by atoms with E-state index >= 15 is 0 Å². The minimum Gasteiger partial charge on any atom is -0.398 e. The SMILES string of the molecule is Nc1ccc(F)cc1C(=O)NCCc1cc(F)cc(F)c1. The lowest BCUT2D eigenvalue weighted by molar-refractivity contribution is 0.0954. The molecule has 0 spiro atoms. The Hall–Kier alpha value is -2.50. The zero-order chi connectivity index (χ0) is 15.4. The van der Waals surface area contributed by atoms with Crippen LogP contribution in [0.3, 0.4) is 0 Å². The number of anilines is 1. The number of nitrogen functional groups attached to an aromatic ring is 1. The van der Waals surface area contributed by atoms with Crippen molar-refractivity contribution in [3.63, 3.8) is 0 Å². The Bertz CT molecular complexity index is 654. The van der Waals surface area contributed by atoms with Gasteiger partial charge in [0.05, 0.1) is 5.56 Å². The summed E-state index contributed by atoms with van der Waals surface area (Å²) in [6.45, 7) is 0.150. The Balaban J connectivity index is 1.96. The van der Waals surface area contributed by atoms with Crippen molar-refractivity contribution in [2.24, 2.45) is 0 Å². The molecule has 0 aliphatic carbocycles. The van der Waals surface area contributed by atoms with E-state index in [0.717, 1.165) is 18.2 Å². The molecule has 0 aliphatic rings. The van der Waals surface area contributed by atoms with Crippen LogP contribution >= 0.6 is 0 Å². The number of hydrogen-bond donors (Lipinski definition) is 2. The van der Waals surface area contributed by atoms with Crippen LogP contribution < -0.4 is 11.1 Å². The molecule has 0 saturated heterocycles. The van der Waals surface area contributed by atoms with E-state index in [4.69, 9.17) is 5.73 Å². The maximum atomic E-state index is 13.1. The maximum Gasteiger partial charge on any atom is 0.253 e. The van der Waals surface area contributed by atoms with E-state index in [-0.39, 0.29) is 24.2 Å². The van der Waals surface area contributed by atoms with E-state index in [1.54, 1.807) is 0 Å². The summed E-state index contributed by atoms with van der Waals surface area (Å²) in [4.78, 5) is 11.8. The van der Waals surface area contributed by atoms with Gasteiger partial charge in [-0.3, -0.25) is 4.79 Å². The molecule has 0 radical (unpaired) electrons. The van der Waals surface area contributed by atoms with Crippen LogP contribution in [0, 0.1) is 17.5 Å². The summed E-state index contributed by atoms with van der Waals surface area (Å²) in [5.74, 6) is -2.46. The number of nitrogens with one attached hydrogen (secondary N) is 1. The normalized spacial score (nSPS) is 10.4. The Morgan fingerprint density at radius 2 is 1.67 bits per heavy atom. The average Bonchev–Trinajstić information content (AvgIpc) is 2.40. The molecule has 21 heavy (non-hydrogen) atoms. The van der Waals surface area contributed by atoms with Crippen molar-refractivity contribution in [1.29, 1.82) is 0 Å². The van der Waals surface area contributed by atoms with E-state index in [1.807, 2.05) is 0 Å². The first-order valence-electron chi connectivity index (χ1n) is 6.24. The lowest BCUT2D eigenvalue weighted by Gasteiger charge is -2.08. The summed E-state index contributed by atoms with van der Waals surface area (Å²) < 4.78 is 39.0. The lowest BCUT2D eigenvalue weighted by Crippen LogP contribution is -2.26. The number of carbonyl (C=O) groups is 1. The van der Waals surface area contributed by atoms with Crippen LogP contribution in [-0.2, 0) is 6.42 Å². The number of halogens is 3. The number of amides is 1. The van der Waals surface area contributed by atoms with Crippen LogP contribution in [0.1, 0.15) is 15.9 Å². The molecular weight excluding hydrogens is 281 g/mol. The summed E-state index contributed by atoms with van der Waals surface area (Å²) in [5.41, 5.74) is 6.19. The molecule has 0 fully saturated rings. The summed E-state index contributed by atoms with van der Waals surface area (Å²) in [7, 11) is 0. The number of rotatable bonds is 4. The van der Waals surface area contributed by atoms with Crippen LogP contribution in [0.4, 0.5) is 18.9 Å². The highest BCUT2D eigenvalue weighted by molar-refractivity contribution is 5.99. The third-order valence-corrected chi connectivity index (χ3v) is 2.88. The van der Waals surface area contributed by atoms with Crippen LogP contribution in [0.25, 0.3) is 0 Å². The van der Waals surface area contributed by atoms with Crippen LogP contribution in [0.15, 0.2) is 36.4 Å². The van der Waals surface area contributed by atoms with E-state index in [2.05, 4.69) is 5.32 Å². The van der Waals surface area contributed by atoms with Crippen molar-refractivity contribution in [3.05, 3.63) is 65.0 Å². The molecule has 0 aliphatic heterocycles. The first-order valence-corrected chi connectivity index (χ1v) is 6.24. The van der Waals surface area contributed by atoms with Gasteiger partial charge in [-0.1, -0.05) is 0 Å². The molecule has 0 bridgehead atoms. The second-order valence-corrected chi connectivity index (χ2v) is 4.52. The van der Waals surface area contributed by atoms with Gasteiger partial charge in [0.1, 0.15) is 17.5 Å². The van der Waals surface area contributed by atoms with Gasteiger partial charge in [0, 0.05) is 18.3 Å². The van der Waals surface area contributed by atoms with Gasteiger partial charge in [0.15, 0.2) is 0 Å². The van der Waals surface area contributed by atoms with Crippen LogP contribution in [0.5, 0.6) is 0 Å². The molecule has 110 valence electrons. The predicted octanol–water partition coefficient (Wildman–Crippen LogP) is 2.66. The zero-order valence-electron chi connectivity index (χ0n) is 11.0. The number of carbonyl (C=O) groups excluding carboxylic acids is 1. The van der Waals surface area contributed by atoms with Gasteiger partial charge in [-0.15, -0.1) is 0 Å². The second-order valence-electron chi connectivity index (χ2n) is 4.52. The summed E-state index contributed by atoms with van der Waals surface area (Å²) >= 11 is 0. The molecule has 2 aromatic carbocycles. The van der Waals surface area contributed by atoms with Crippen molar-refractivity contribution in [2.75, 3.05) is 12.3 Å². The van der Waals surface area contributed by atoms with Gasteiger partial charge in [-0.25, -0.2) is 13.2 Å². The maximum absolute atomic E-state index is 13.1. The van der Waals surface area contributed by atoms with Crippen molar-refractivity contribution in [2.45, 2.75) is 6.42 Å². The summed E-state index contributed by atoms with van der Waals surface area (Å²) in [6.07, 6.45) is 0.246. The third-order valence-electron chi connectivity index (χ3n) is 2.88. The predicted molar refractivity (Wildman–Crippen MR) is 73.2 cm³/mol. The highest BCUT2D eigenvalue weighted by Crippen LogP contribution is 2.13. The first kappa shape index (κ1) is 14.9. The van der Waals surface area contributed by atoms with E-state index < -0.39 is 23.4 Å².